The second-order valence-electron chi connectivity index (χ2n) is 8.16. The molecular formula is C23H34N6O. The molecule has 2 aromatic rings. The van der Waals surface area contributed by atoms with Crippen molar-refractivity contribution in [3.05, 3.63) is 53.9 Å². The number of aliphatic imine (C=N–C) groups is 1. The molecule has 0 atom stereocenters. The molecular weight excluding hydrogens is 376 g/mol. The Morgan fingerprint density at radius 3 is 2.60 bits per heavy atom. The number of likely N-dealkylation sites (N-methyl/N-ethyl adjacent to an activating group) is 1. The van der Waals surface area contributed by atoms with Crippen molar-refractivity contribution >= 4 is 11.9 Å². The maximum absolute atomic E-state index is 12.0. The van der Waals surface area contributed by atoms with Crippen LogP contribution in [0.2, 0.25) is 0 Å². The van der Waals surface area contributed by atoms with Crippen molar-refractivity contribution in [2.45, 2.75) is 45.2 Å². The molecule has 162 valence electrons. The van der Waals surface area contributed by atoms with Crippen LogP contribution in [0.5, 0.6) is 0 Å². The molecule has 0 spiro atoms. The lowest BCUT2D eigenvalue weighted by molar-refractivity contribution is -0.127. The first-order valence-electron chi connectivity index (χ1n) is 10.9. The van der Waals surface area contributed by atoms with E-state index in [1.165, 1.54) is 37.7 Å². The Morgan fingerprint density at radius 1 is 1.13 bits per heavy atom. The first kappa shape index (κ1) is 21.9. The number of guanidine groups is 1. The number of hydrogen-bond acceptors (Lipinski definition) is 3. The Hall–Kier alpha value is -2.83. The third-order valence-corrected chi connectivity index (χ3v) is 5.61. The number of carbonyl (C=O) groups excluding carboxylic acids is 1. The van der Waals surface area contributed by atoms with Crippen LogP contribution in [-0.2, 0) is 17.9 Å². The van der Waals surface area contributed by atoms with Gasteiger partial charge in [0.15, 0.2) is 5.96 Å². The van der Waals surface area contributed by atoms with E-state index in [0.29, 0.717) is 18.4 Å². The van der Waals surface area contributed by atoms with Crippen molar-refractivity contribution in [3.8, 4) is 0 Å². The molecule has 0 aliphatic heterocycles. The van der Waals surface area contributed by atoms with Gasteiger partial charge in [-0.25, -0.2) is 4.99 Å². The molecule has 1 aromatic carbocycles. The Morgan fingerprint density at radius 2 is 1.90 bits per heavy atom. The van der Waals surface area contributed by atoms with Crippen LogP contribution < -0.4 is 10.6 Å². The topological polar surface area (TPSA) is 74.5 Å². The van der Waals surface area contributed by atoms with Crippen LogP contribution in [-0.4, -0.2) is 53.7 Å². The molecule has 0 unspecified atom stereocenters. The van der Waals surface area contributed by atoms with Crippen LogP contribution in [0.25, 0.3) is 0 Å². The number of aromatic nitrogens is 2. The summed E-state index contributed by atoms with van der Waals surface area (Å²) < 4.78 is 1.92. The lowest BCUT2D eigenvalue weighted by Gasteiger charge is -2.23. The quantitative estimate of drug-likeness (QED) is 0.518. The molecule has 2 N–H and O–H groups in total. The molecule has 3 rings (SSSR count). The second kappa shape index (κ2) is 11.4. The van der Waals surface area contributed by atoms with Crippen molar-refractivity contribution in [1.29, 1.82) is 0 Å². The number of nitrogens with zero attached hydrogens (tertiary/aromatic N) is 4. The third kappa shape index (κ3) is 6.90. The lowest BCUT2D eigenvalue weighted by atomic mass is 9.89. The molecule has 1 amide bonds. The van der Waals surface area contributed by atoms with Crippen LogP contribution in [0.1, 0.15) is 43.2 Å². The van der Waals surface area contributed by atoms with E-state index >= 15 is 0 Å². The molecule has 1 aliphatic carbocycles. The number of amides is 1. The van der Waals surface area contributed by atoms with Gasteiger partial charge in [0.25, 0.3) is 0 Å². The minimum Gasteiger partial charge on any atom is -0.356 e. The normalized spacial score (nSPS) is 15.1. The Labute approximate surface area is 179 Å². The van der Waals surface area contributed by atoms with E-state index in [1.807, 2.05) is 29.1 Å². The van der Waals surface area contributed by atoms with E-state index in [4.69, 9.17) is 4.99 Å². The summed E-state index contributed by atoms with van der Waals surface area (Å²) in [5.41, 5.74) is 2.35. The van der Waals surface area contributed by atoms with Crippen molar-refractivity contribution in [1.82, 2.24) is 25.3 Å². The fraction of sp³-hybridized carbons (Fsp3) is 0.522. The number of hydrogen-bond donors (Lipinski definition) is 2. The number of carbonyl (C=O) groups is 1. The monoisotopic (exact) mass is 410 g/mol. The molecule has 7 heteroatoms. The van der Waals surface area contributed by atoms with E-state index in [1.54, 1.807) is 25.2 Å². The molecule has 30 heavy (non-hydrogen) atoms. The molecule has 1 fully saturated rings. The van der Waals surface area contributed by atoms with Gasteiger partial charge in [-0.05, 0) is 36.0 Å². The van der Waals surface area contributed by atoms with Gasteiger partial charge in [-0.15, -0.1) is 0 Å². The molecule has 1 heterocycles. The summed E-state index contributed by atoms with van der Waals surface area (Å²) in [6, 6.07) is 10.2. The minimum absolute atomic E-state index is 0.0289. The summed E-state index contributed by atoms with van der Waals surface area (Å²) in [7, 11) is 3.53. The second-order valence-corrected chi connectivity index (χ2v) is 8.16. The zero-order chi connectivity index (χ0) is 21.2. The first-order chi connectivity index (χ1) is 14.6. The smallest absolute Gasteiger partial charge is 0.241 e. The van der Waals surface area contributed by atoms with Gasteiger partial charge >= 0.3 is 0 Å². The van der Waals surface area contributed by atoms with Crippen LogP contribution in [0.4, 0.5) is 0 Å². The summed E-state index contributed by atoms with van der Waals surface area (Å²) in [5, 5.41) is 11.0. The van der Waals surface area contributed by atoms with E-state index in [2.05, 4.69) is 27.9 Å². The van der Waals surface area contributed by atoms with Gasteiger partial charge in [-0.1, -0.05) is 43.5 Å². The van der Waals surface area contributed by atoms with Crippen molar-refractivity contribution < 1.29 is 4.79 Å². The van der Waals surface area contributed by atoms with Crippen molar-refractivity contribution in [3.63, 3.8) is 0 Å². The van der Waals surface area contributed by atoms with Gasteiger partial charge in [0.05, 0.1) is 19.6 Å². The molecule has 1 aliphatic rings. The van der Waals surface area contributed by atoms with E-state index in [-0.39, 0.29) is 12.5 Å². The van der Waals surface area contributed by atoms with E-state index in [9.17, 15) is 4.79 Å². The number of nitrogens with one attached hydrogen (secondary N) is 2. The predicted octanol–water partition coefficient (Wildman–Crippen LogP) is 2.64. The third-order valence-electron chi connectivity index (χ3n) is 5.61. The lowest BCUT2D eigenvalue weighted by Crippen LogP contribution is -2.44. The highest BCUT2D eigenvalue weighted by atomic mass is 16.2. The van der Waals surface area contributed by atoms with E-state index < -0.39 is 0 Å². The zero-order valence-electron chi connectivity index (χ0n) is 18.2. The van der Waals surface area contributed by atoms with Gasteiger partial charge in [-0.2, -0.15) is 5.10 Å². The van der Waals surface area contributed by atoms with Crippen molar-refractivity contribution in [2.24, 2.45) is 10.9 Å². The highest BCUT2D eigenvalue weighted by molar-refractivity contribution is 5.86. The van der Waals surface area contributed by atoms with E-state index in [0.717, 1.165) is 18.7 Å². The first-order valence-corrected chi connectivity index (χ1v) is 10.9. The SMILES string of the molecule is CN(C)C(=O)CNC(=NCc1ccccc1Cn1cccn1)NCC1CCCCC1. The van der Waals surface area contributed by atoms with Gasteiger partial charge in [-0.3, -0.25) is 9.48 Å². The Bertz CT molecular complexity index is 809. The molecule has 1 aromatic heterocycles. The highest BCUT2D eigenvalue weighted by Gasteiger charge is 2.14. The Balaban J connectivity index is 1.66. The summed E-state index contributed by atoms with van der Waals surface area (Å²) in [4.78, 5) is 18.4. The van der Waals surface area contributed by atoms with Gasteiger partial charge in [0.2, 0.25) is 5.91 Å². The standard InChI is InChI=1S/C23H34N6O/c1-28(2)22(30)17-26-23(24-15-19-9-4-3-5-10-19)25-16-20-11-6-7-12-21(20)18-29-14-8-13-27-29/h6-8,11-14,19H,3-5,9-10,15-18H2,1-2H3,(H2,24,25,26). The van der Waals surface area contributed by atoms with Crippen LogP contribution in [0, 0.1) is 5.92 Å². The summed E-state index contributed by atoms with van der Waals surface area (Å²) >= 11 is 0. The zero-order valence-corrected chi connectivity index (χ0v) is 18.2. The summed E-state index contributed by atoms with van der Waals surface area (Å²) in [6.45, 7) is 2.40. The molecule has 1 saturated carbocycles. The van der Waals surface area contributed by atoms with Gasteiger partial charge in [0, 0.05) is 33.0 Å². The summed E-state index contributed by atoms with van der Waals surface area (Å²) in [6.07, 6.45) is 10.3. The molecule has 0 saturated heterocycles. The average Bonchev–Trinajstić information content (AvgIpc) is 3.27. The minimum atomic E-state index is 0.0289. The maximum atomic E-state index is 12.0. The molecule has 7 nitrogen and oxygen atoms in total. The fourth-order valence-corrected chi connectivity index (χ4v) is 3.72. The largest absolute Gasteiger partial charge is 0.356 e. The fourth-order valence-electron chi connectivity index (χ4n) is 3.72. The predicted molar refractivity (Wildman–Crippen MR) is 120 cm³/mol. The molecule has 0 radical (unpaired) electrons. The summed E-state index contributed by atoms with van der Waals surface area (Å²) in [5.74, 6) is 1.41. The van der Waals surface area contributed by atoms with Crippen molar-refractivity contribution in [2.75, 3.05) is 27.2 Å². The van der Waals surface area contributed by atoms with Crippen LogP contribution in [0.3, 0.4) is 0 Å². The Kier molecular flexibility index (Phi) is 8.30. The van der Waals surface area contributed by atoms with Crippen LogP contribution >= 0.6 is 0 Å². The molecule has 0 bridgehead atoms. The number of benzene rings is 1. The maximum Gasteiger partial charge on any atom is 0.241 e. The van der Waals surface area contributed by atoms with Gasteiger partial charge in [0.1, 0.15) is 0 Å². The van der Waals surface area contributed by atoms with Crippen LogP contribution in [0.15, 0.2) is 47.7 Å². The van der Waals surface area contributed by atoms with Gasteiger partial charge < -0.3 is 15.5 Å². The highest BCUT2D eigenvalue weighted by Crippen LogP contribution is 2.22. The number of rotatable bonds is 8. The average molecular weight is 411 g/mol.